The fourth-order valence-electron chi connectivity index (χ4n) is 1.62. The van der Waals surface area contributed by atoms with E-state index in [1.165, 1.54) is 0 Å². The van der Waals surface area contributed by atoms with Crippen molar-refractivity contribution < 1.29 is 14.7 Å². The van der Waals surface area contributed by atoms with Crippen molar-refractivity contribution in [3.8, 4) is 0 Å². The van der Waals surface area contributed by atoms with Crippen molar-refractivity contribution in [3.63, 3.8) is 0 Å². The first kappa shape index (κ1) is 12.0. The van der Waals surface area contributed by atoms with E-state index in [4.69, 9.17) is 5.11 Å². The number of carboxylic acid groups (broad SMARTS) is 1. The fourth-order valence-corrected chi connectivity index (χ4v) is 1.62. The predicted octanol–water partition coefficient (Wildman–Crippen LogP) is 1.26. The summed E-state index contributed by atoms with van der Waals surface area (Å²) in [5.74, 6) is -0.110. The molecule has 1 saturated carbocycles. The summed E-state index contributed by atoms with van der Waals surface area (Å²) in [5, 5.41) is 11.4. The van der Waals surface area contributed by atoms with Crippen LogP contribution in [0.4, 0.5) is 0 Å². The van der Waals surface area contributed by atoms with Crippen LogP contribution in [-0.2, 0) is 9.59 Å². The predicted molar refractivity (Wildman–Crippen MR) is 56.3 cm³/mol. The summed E-state index contributed by atoms with van der Waals surface area (Å²) in [4.78, 5) is 21.9. The zero-order valence-electron chi connectivity index (χ0n) is 9.32. The Morgan fingerprint density at radius 3 is 2.47 bits per heavy atom. The Balaban J connectivity index is 2.17. The van der Waals surface area contributed by atoms with Crippen LogP contribution in [0.25, 0.3) is 0 Å². The van der Waals surface area contributed by atoms with Gasteiger partial charge < -0.3 is 10.4 Å². The molecule has 2 unspecified atom stereocenters. The molecule has 0 aromatic heterocycles. The van der Waals surface area contributed by atoms with E-state index >= 15 is 0 Å². The van der Waals surface area contributed by atoms with Crippen LogP contribution in [0.5, 0.6) is 0 Å². The smallest absolute Gasteiger partial charge is 0.303 e. The molecule has 4 nitrogen and oxygen atoms in total. The normalized spacial score (nSPS) is 19.3. The summed E-state index contributed by atoms with van der Waals surface area (Å²) in [5.41, 5.74) is 0. The quantitative estimate of drug-likeness (QED) is 0.698. The maximum Gasteiger partial charge on any atom is 0.303 e. The average Bonchev–Trinajstić information content (AvgIpc) is 2.95. The van der Waals surface area contributed by atoms with Crippen LogP contribution in [0.3, 0.4) is 0 Å². The third kappa shape index (κ3) is 4.32. The highest BCUT2D eigenvalue weighted by Gasteiger charge is 2.32. The van der Waals surface area contributed by atoms with Crippen LogP contribution in [0, 0.1) is 17.8 Å². The average molecular weight is 213 g/mol. The van der Waals surface area contributed by atoms with Crippen molar-refractivity contribution in [1.29, 1.82) is 0 Å². The molecule has 1 fully saturated rings. The molecule has 86 valence electrons. The number of hydrogen-bond donors (Lipinski definition) is 2. The minimum absolute atomic E-state index is 0.00199. The summed E-state index contributed by atoms with van der Waals surface area (Å²) < 4.78 is 0. The van der Waals surface area contributed by atoms with Gasteiger partial charge in [0.2, 0.25) is 5.91 Å². The van der Waals surface area contributed by atoms with Crippen molar-refractivity contribution in [2.24, 2.45) is 17.8 Å². The number of aliphatic carboxylic acids is 1. The molecular formula is C11H19NO3. The summed E-state index contributed by atoms with van der Waals surface area (Å²) in [7, 11) is 0. The van der Waals surface area contributed by atoms with Gasteiger partial charge >= 0.3 is 5.97 Å². The maximum absolute atomic E-state index is 11.6. The van der Waals surface area contributed by atoms with Crippen molar-refractivity contribution >= 4 is 11.9 Å². The lowest BCUT2D eigenvalue weighted by Gasteiger charge is -2.14. The van der Waals surface area contributed by atoms with E-state index in [1.54, 1.807) is 0 Å². The highest BCUT2D eigenvalue weighted by atomic mass is 16.4. The van der Waals surface area contributed by atoms with Gasteiger partial charge in [0.05, 0.1) is 0 Å². The molecule has 0 aromatic carbocycles. The number of nitrogens with one attached hydrogen (secondary N) is 1. The van der Waals surface area contributed by atoms with Crippen LogP contribution >= 0.6 is 0 Å². The molecule has 1 aliphatic rings. The van der Waals surface area contributed by atoms with E-state index in [9.17, 15) is 9.59 Å². The van der Waals surface area contributed by atoms with E-state index in [-0.39, 0.29) is 24.2 Å². The molecule has 0 aromatic rings. The fraction of sp³-hybridized carbons (Fsp3) is 0.818. The molecule has 1 aliphatic carbocycles. The van der Waals surface area contributed by atoms with Gasteiger partial charge in [-0.05, 0) is 24.7 Å². The molecule has 0 spiro atoms. The van der Waals surface area contributed by atoms with Gasteiger partial charge in [0, 0.05) is 18.9 Å². The number of hydrogen-bond acceptors (Lipinski definition) is 2. The third-order valence-corrected chi connectivity index (χ3v) is 2.89. The Hall–Kier alpha value is -1.06. The molecule has 0 radical (unpaired) electrons. The molecule has 2 atom stereocenters. The van der Waals surface area contributed by atoms with Gasteiger partial charge in [0.25, 0.3) is 0 Å². The van der Waals surface area contributed by atoms with Crippen LogP contribution in [0.2, 0.25) is 0 Å². The molecule has 15 heavy (non-hydrogen) atoms. The van der Waals surface area contributed by atoms with Crippen LogP contribution in [0.15, 0.2) is 0 Å². The topological polar surface area (TPSA) is 66.4 Å². The molecule has 2 N–H and O–H groups in total. The van der Waals surface area contributed by atoms with Gasteiger partial charge in [0.15, 0.2) is 0 Å². The lowest BCUT2D eigenvalue weighted by atomic mass is 10.0. The molecule has 1 rings (SSSR count). The molecule has 0 aliphatic heterocycles. The Morgan fingerprint density at radius 1 is 1.40 bits per heavy atom. The highest BCUT2D eigenvalue weighted by Crippen LogP contribution is 2.36. The van der Waals surface area contributed by atoms with E-state index in [2.05, 4.69) is 5.32 Å². The summed E-state index contributed by atoms with van der Waals surface area (Å²) in [6.07, 6.45) is 2.41. The first-order valence-electron chi connectivity index (χ1n) is 5.50. The van der Waals surface area contributed by atoms with Crippen LogP contribution < -0.4 is 5.32 Å². The second-order valence-electron chi connectivity index (χ2n) is 4.57. The zero-order chi connectivity index (χ0) is 11.4. The summed E-state index contributed by atoms with van der Waals surface area (Å²) in [6.45, 7) is 4.23. The van der Waals surface area contributed by atoms with Gasteiger partial charge in [-0.2, -0.15) is 0 Å². The number of rotatable bonds is 6. The maximum atomic E-state index is 11.6. The van der Waals surface area contributed by atoms with Crippen molar-refractivity contribution in [2.75, 3.05) is 6.54 Å². The molecule has 4 heteroatoms. The van der Waals surface area contributed by atoms with Crippen molar-refractivity contribution in [1.82, 2.24) is 5.32 Å². The number of amides is 1. The zero-order valence-corrected chi connectivity index (χ0v) is 9.32. The lowest BCUT2D eigenvalue weighted by Crippen LogP contribution is -2.34. The van der Waals surface area contributed by atoms with Gasteiger partial charge in [-0.1, -0.05) is 13.8 Å². The number of carbonyl (C=O) groups is 2. The molecular weight excluding hydrogens is 194 g/mol. The van der Waals surface area contributed by atoms with E-state index in [0.29, 0.717) is 12.5 Å². The van der Waals surface area contributed by atoms with Crippen LogP contribution in [0.1, 0.15) is 33.1 Å². The second-order valence-corrected chi connectivity index (χ2v) is 4.57. The Bertz CT molecular complexity index is 248. The van der Waals surface area contributed by atoms with Gasteiger partial charge in [-0.15, -0.1) is 0 Å². The first-order valence-corrected chi connectivity index (χ1v) is 5.50. The number of carboxylic acids is 1. The molecule has 0 saturated heterocycles. The highest BCUT2D eigenvalue weighted by molar-refractivity contribution is 5.79. The largest absolute Gasteiger partial charge is 0.481 e. The van der Waals surface area contributed by atoms with Crippen LogP contribution in [-0.4, -0.2) is 23.5 Å². The third-order valence-electron chi connectivity index (χ3n) is 2.89. The van der Waals surface area contributed by atoms with Gasteiger partial charge in [-0.25, -0.2) is 0 Å². The van der Waals surface area contributed by atoms with E-state index < -0.39 is 5.97 Å². The minimum Gasteiger partial charge on any atom is -0.481 e. The minimum atomic E-state index is -0.813. The number of carbonyl (C=O) groups excluding carboxylic acids is 1. The summed E-state index contributed by atoms with van der Waals surface area (Å²) >= 11 is 0. The van der Waals surface area contributed by atoms with Crippen molar-refractivity contribution in [2.45, 2.75) is 33.1 Å². The second kappa shape index (κ2) is 5.14. The van der Waals surface area contributed by atoms with E-state index in [1.807, 2.05) is 13.8 Å². The molecule has 0 heterocycles. The molecule has 0 bridgehead atoms. The Kier molecular flexibility index (Phi) is 4.12. The van der Waals surface area contributed by atoms with Crippen molar-refractivity contribution in [3.05, 3.63) is 0 Å². The summed E-state index contributed by atoms with van der Waals surface area (Å²) in [6, 6.07) is 0. The Morgan fingerprint density at radius 2 is 2.00 bits per heavy atom. The lowest BCUT2D eigenvalue weighted by molar-refractivity contribution is -0.138. The first-order chi connectivity index (χ1) is 7.00. The molecule has 1 amide bonds. The SMILES string of the molecule is CC(CNC(=O)C(C)C1CC1)CC(=O)O. The van der Waals surface area contributed by atoms with Gasteiger partial charge in [-0.3, -0.25) is 9.59 Å². The van der Waals surface area contributed by atoms with E-state index in [0.717, 1.165) is 12.8 Å². The Labute approximate surface area is 90.0 Å². The standard InChI is InChI=1S/C11H19NO3/c1-7(5-10(13)14)6-12-11(15)8(2)9-3-4-9/h7-9H,3-6H2,1-2H3,(H,12,15)(H,13,14). The van der Waals surface area contributed by atoms with Gasteiger partial charge in [0.1, 0.15) is 0 Å². The monoisotopic (exact) mass is 213 g/mol.